The summed E-state index contributed by atoms with van der Waals surface area (Å²) in [4.78, 5) is 25.1. The number of likely N-dealkylation sites (tertiary alicyclic amines) is 1. The van der Waals surface area contributed by atoms with Crippen molar-refractivity contribution in [1.82, 2.24) is 4.90 Å². The number of amides is 1. The lowest BCUT2D eigenvalue weighted by Crippen LogP contribution is -2.33. The molecule has 0 saturated carbocycles. The lowest BCUT2D eigenvalue weighted by molar-refractivity contribution is -0.139. The largest absolute Gasteiger partial charge is 0.477 e. The van der Waals surface area contributed by atoms with E-state index in [4.69, 9.17) is 0 Å². The first-order valence-corrected chi connectivity index (χ1v) is 10.9. The summed E-state index contributed by atoms with van der Waals surface area (Å²) in [7, 11) is 0. The Morgan fingerprint density at radius 3 is 2.08 bits per heavy atom. The summed E-state index contributed by atoms with van der Waals surface area (Å²) in [5, 5.41) is 9.45. The Kier molecular flexibility index (Phi) is 12.9. The van der Waals surface area contributed by atoms with Crippen LogP contribution in [0.25, 0.3) is 0 Å². The summed E-state index contributed by atoms with van der Waals surface area (Å²) in [5.41, 5.74) is 0.198. The zero-order valence-electron chi connectivity index (χ0n) is 16.8. The molecular weight excluding hydrogens is 326 g/mol. The first kappa shape index (κ1) is 22.7. The monoisotopic (exact) mass is 365 g/mol. The average Bonchev–Trinajstić information content (AvgIpc) is 2.83. The molecule has 0 aromatic rings. The van der Waals surface area contributed by atoms with E-state index in [1.165, 1.54) is 62.7 Å². The second-order valence-electron chi connectivity index (χ2n) is 7.57. The lowest BCUT2D eigenvalue weighted by Gasteiger charge is -2.21. The molecule has 26 heavy (non-hydrogen) atoms. The number of nitrogens with zero attached hydrogens (tertiary/aromatic N) is 1. The minimum absolute atomic E-state index is 0.0323. The van der Waals surface area contributed by atoms with Crippen LogP contribution in [0, 0.1) is 0 Å². The van der Waals surface area contributed by atoms with Gasteiger partial charge in [0, 0.05) is 13.0 Å². The standard InChI is InChI=1S/C22H39NO3/c1-2-3-4-5-6-7-8-9-10-11-12-14-17-20(22(25)26)23-19-16-13-15-18-21(23)24/h17H,2-16,18-19H2,1H3,(H,25,26). The van der Waals surface area contributed by atoms with Gasteiger partial charge in [0.15, 0.2) is 0 Å². The molecule has 4 heteroatoms. The van der Waals surface area contributed by atoms with Gasteiger partial charge in [-0.3, -0.25) is 4.79 Å². The number of carboxylic acids is 1. The second kappa shape index (κ2) is 14.8. The smallest absolute Gasteiger partial charge is 0.352 e. The van der Waals surface area contributed by atoms with E-state index in [0.717, 1.165) is 38.5 Å². The van der Waals surface area contributed by atoms with Gasteiger partial charge in [-0.15, -0.1) is 0 Å². The van der Waals surface area contributed by atoms with Crippen LogP contribution in [0.3, 0.4) is 0 Å². The van der Waals surface area contributed by atoms with Gasteiger partial charge in [-0.25, -0.2) is 4.79 Å². The molecule has 0 atom stereocenters. The highest BCUT2D eigenvalue weighted by molar-refractivity contribution is 5.92. The van der Waals surface area contributed by atoms with Crippen molar-refractivity contribution in [3.05, 3.63) is 11.8 Å². The molecule has 1 saturated heterocycles. The zero-order chi connectivity index (χ0) is 19.0. The first-order chi connectivity index (χ1) is 12.7. The van der Waals surface area contributed by atoms with Crippen LogP contribution in [0.4, 0.5) is 0 Å². The quantitative estimate of drug-likeness (QED) is 0.301. The molecule has 4 nitrogen and oxygen atoms in total. The first-order valence-electron chi connectivity index (χ1n) is 10.9. The fourth-order valence-electron chi connectivity index (χ4n) is 3.60. The van der Waals surface area contributed by atoms with Gasteiger partial charge in [-0.1, -0.05) is 83.6 Å². The summed E-state index contributed by atoms with van der Waals surface area (Å²) >= 11 is 0. The lowest BCUT2D eigenvalue weighted by atomic mass is 10.1. The molecule has 1 amide bonds. The van der Waals surface area contributed by atoms with Crippen LogP contribution in [0.5, 0.6) is 0 Å². The molecule has 0 radical (unpaired) electrons. The second-order valence-corrected chi connectivity index (χ2v) is 7.57. The van der Waals surface area contributed by atoms with Crippen molar-refractivity contribution in [1.29, 1.82) is 0 Å². The highest BCUT2D eigenvalue weighted by atomic mass is 16.4. The molecule has 0 aromatic heterocycles. The van der Waals surface area contributed by atoms with Crippen LogP contribution in [-0.4, -0.2) is 28.4 Å². The van der Waals surface area contributed by atoms with Gasteiger partial charge in [0.05, 0.1) is 0 Å². The predicted molar refractivity (Wildman–Crippen MR) is 107 cm³/mol. The number of hydrogen-bond donors (Lipinski definition) is 1. The van der Waals surface area contributed by atoms with Crippen molar-refractivity contribution in [2.45, 2.75) is 110 Å². The number of carboxylic acid groups (broad SMARTS) is 1. The van der Waals surface area contributed by atoms with Crippen LogP contribution in [0.1, 0.15) is 110 Å². The molecule has 0 aromatic carbocycles. The third kappa shape index (κ3) is 9.98. The maximum Gasteiger partial charge on any atom is 0.352 e. The van der Waals surface area contributed by atoms with E-state index in [2.05, 4.69) is 6.92 Å². The molecule has 0 aliphatic carbocycles. The Morgan fingerprint density at radius 1 is 0.923 bits per heavy atom. The van der Waals surface area contributed by atoms with E-state index in [9.17, 15) is 14.7 Å². The van der Waals surface area contributed by atoms with Gasteiger partial charge in [0.1, 0.15) is 5.70 Å². The third-order valence-corrected chi connectivity index (χ3v) is 5.23. The zero-order valence-corrected chi connectivity index (χ0v) is 16.8. The minimum atomic E-state index is -0.969. The summed E-state index contributed by atoms with van der Waals surface area (Å²) in [6, 6.07) is 0. The van der Waals surface area contributed by atoms with Crippen LogP contribution >= 0.6 is 0 Å². The molecule has 1 aliphatic heterocycles. The fraction of sp³-hybridized carbons (Fsp3) is 0.818. The summed E-state index contributed by atoms with van der Waals surface area (Å²) in [5.74, 6) is -1.00. The van der Waals surface area contributed by atoms with Crippen molar-refractivity contribution < 1.29 is 14.7 Å². The molecule has 1 N–H and O–H groups in total. The number of rotatable bonds is 14. The van der Waals surface area contributed by atoms with Crippen molar-refractivity contribution in [2.24, 2.45) is 0 Å². The van der Waals surface area contributed by atoms with E-state index >= 15 is 0 Å². The molecule has 1 heterocycles. The molecular formula is C22H39NO3. The maximum absolute atomic E-state index is 12.1. The number of unbranched alkanes of at least 4 members (excludes halogenated alkanes) is 11. The predicted octanol–water partition coefficient (Wildman–Crippen LogP) is 6.06. The Balaban J connectivity index is 2.16. The number of carbonyl (C=O) groups is 2. The van der Waals surface area contributed by atoms with Gasteiger partial charge in [0.2, 0.25) is 5.91 Å². The SMILES string of the molecule is CCCCCCCCCCCCCC=C(C(=O)O)N1CCCCCC1=O. The van der Waals surface area contributed by atoms with Gasteiger partial charge in [-0.2, -0.15) is 0 Å². The normalized spacial score (nSPS) is 16.0. The molecule has 0 bridgehead atoms. The average molecular weight is 366 g/mol. The van der Waals surface area contributed by atoms with Crippen LogP contribution in [-0.2, 0) is 9.59 Å². The van der Waals surface area contributed by atoms with Crippen LogP contribution < -0.4 is 0 Å². The molecule has 0 spiro atoms. The van der Waals surface area contributed by atoms with E-state index in [0.29, 0.717) is 13.0 Å². The highest BCUT2D eigenvalue weighted by Gasteiger charge is 2.24. The topological polar surface area (TPSA) is 57.6 Å². The van der Waals surface area contributed by atoms with Crippen molar-refractivity contribution >= 4 is 11.9 Å². The highest BCUT2D eigenvalue weighted by Crippen LogP contribution is 2.18. The van der Waals surface area contributed by atoms with Crippen molar-refractivity contribution in [2.75, 3.05) is 6.54 Å². The number of aliphatic carboxylic acids is 1. The van der Waals surface area contributed by atoms with Crippen molar-refractivity contribution in [3.8, 4) is 0 Å². The molecule has 150 valence electrons. The third-order valence-electron chi connectivity index (χ3n) is 5.23. The van der Waals surface area contributed by atoms with Crippen LogP contribution in [0.2, 0.25) is 0 Å². The summed E-state index contributed by atoms with van der Waals surface area (Å²) in [6.07, 6.45) is 19.9. The maximum atomic E-state index is 12.1. The van der Waals surface area contributed by atoms with Gasteiger partial charge in [0.25, 0.3) is 0 Å². The van der Waals surface area contributed by atoms with E-state index in [-0.39, 0.29) is 11.6 Å². The van der Waals surface area contributed by atoms with E-state index in [1.54, 1.807) is 6.08 Å². The van der Waals surface area contributed by atoms with Gasteiger partial charge in [-0.05, 0) is 25.7 Å². The van der Waals surface area contributed by atoms with E-state index in [1.807, 2.05) is 0 Å². The number of carbonyl (C=O) groups excluding carboxylic acids is 1. The van der Waals surface area contributed by atoms with E-state index < -0.39 is 5.97 Å². The number of hydrogen-bond acceptors (Lipinski definition) is 2. The molecule has 1 fully saturated rings. The Bertz CT molecular complexity index is 431. The minimum Gasteiger partial charge on any atom is -0.477 e. The number of allylic oxidation sites excluding steroid dienone is 1. The summed E-state index contributed by atoms with van der Waals surface area (Å²) < 4.78 is 0. The van der Waals surface area contributed by atoms with Gasteiger partial charge >= 0.3 is 5.97 Å². The molecule has 1 aliphatic rings. The van der Waals surface area contributed by atoms with Crippen LogP contribution in [0.15, 0.2) is 11.8 Å². The van der Waals surface area contributed by atoms with Gasteiger partial charge < -0.3 is 10.0 Å². The Labute approximate surface area is 160 Å². The van der Waals surface area contributed by atoms with Crippen molar-refractivity contribution in [3.63, 3.8) is 0 Å². The fourth-order valence-corrected chi connectivity index (χ4v) is 3.60. The Hall–Kier alpha value is -1.32. The molecule has 1 rings (SSSR count). The summed E-state index contributed by atoms with van der Waals surface area (Å²) in [6.45, 7) is 2.80. The molecule has 0 unspecified atom stereocenters. The Morgan fingerprint density at radius 2 is 1.50 bits per heavy atom.